The second-order valence-electron chi connectivity index (χ2n) is 6.07. The van der Waals surface area contributed by atoms with Gasteiger partial charge in [0.25, 0.3) is 0 Å². The Labute approximate surface area is 155 Å². The van der Waals surface area contributed by atoms with Crippen LogP contribution in [-0.2, 0) is 11.3 Å². The van der Waals surface area contributed by atoms with Gasteiger partial charge in [0.2, 0.25) is 5.91 Å². The zero-order valence-corrected chi connectivity index (χ0v) is 15.8. The number of hydrogen-bond donors (Lipinski definition) is 2. The van der Waals surface area contributed by atoms with Crippen LogP contribution in [0.5, 0.6) is 0 Å². The highest BCUT2D eigenvalue weighted by atomic mass is 35.5. The topological polar surface area (TPSA) is 59.0 Å². The summed E-state index contributed by atoms with van der Waals surface area (Å²) in [6.45, 7) is 6.27. The third kappa shape index (κ3) is 4.85. The van der Waals surface area contributed by atoms with Crippen molar-refractivity contribution in [3.05, 3.63) is 30.1 Å². The minimum absolute atomic E-state index is 0. The Morgan fingerprint density at radius 1 is 1.33 bits per heavy atom. The van der Waals surface area contributed by atoms with E-state index < -0.39 is 0 Å². The molecular formula is C17H26Cl2N4O. The second kappa shape index (κ2) is 9.25. The van der Waals surface area contributed by atoms with Crippen LogP contribution in [0.15, 0.2) is 24.3 Å². The van der Waals surface area contributed by atoms with Crippen LogP contribution in [0.2, 0.25) is 0 Å². The monoisotopic (exact) mass is 372 g/mol. The summed E-state index contributed by atoms with van der Waals surface area (Å²) in [5, 5.41) is 6.26. The summed E-state index contributed by atoms with van der Waals surface area (Å²) >= 11 is 0. The maximum atomic E-state index is 12.0. The highest BCUT2D eigenvalue weighted by Gasteiger charge is 2.21. The average Bonchev–Trinajstić information content (AvgIpc) is 3.25. The molecule has 1 aromatic heterocycles. The smallest absolute Gasteiger partial charge is 0.234 e. The Bertz CT molecular complexity index is 670. The quantitative estimate of drug-likeness (QED) is 0.784. The molecule has 0 radical (unpaired) electrons. The highest BCUT2D eigenvalue weighted by molar-refractivity contribution is 5.85. The Hall–Kier alpha value is -1.30. The Kier molecular flexibility index (Phi) is 8.00. The van der Waals surface area contributed by atoms with E-state index in [1.807, 2.05) is 25.1 Å². The molecule has 0 spiro atoms. The lowest BCUT2D eigenvalue weighted by Gasteiger charge is -2.15. The minimum Gasteiger partial charge on any atom is -0.345 e. The zero-order valence-electron chi connectivity index (χ0n) is 14.1. The number of fused-ring (bicyclic) bond motifs is 1. The van der Waals surface area contributed by atoms with Gasteiger partial charge in [-0.3, -0.25) is 4.79 Å². The molecule has 7 heteroatoms. The summed E-state index contributed by atoms with van der Waals surface area (Å²) in [7, 11) is 0. The standard InChI is InChI=1S/C17H24N4O.2ClH/c1-3-21-15-7-5-4-6-14(15)20-17(21)12(2)19-16(22)11-18-10-13-8-9-13;;/h4-7,12-13,18H,3,8-11H2,1-2H3,(H,19,22);2*1H. The zero-order chi connectivity index (χ0) is 15.5. The van der Waals surface area contributed by atoms with Gasteiger partial charge < -0.3 is 15.2 Å². The fourth-order valence-electron chi connectivity index (χ4n) is 2.83. The molecule has 1 heterocycles. The van der Waals surface area contributed by atoms with Crippen molar-refractivity contribution in [2.75, 3.05) is 13.1 Å². The number of aryl methyl sites for hydroxylation is 1. The lowest BCUT2D eigenvalue weighted by atomic mass is 10.3. The number of aromatic nitrogens is 2. The number of benzene rings is 1. The second-order valence-corrected chi connectivity index (χ2v) is 6.07. The SMILES string of the molecule is CCn1c(C(C)NC(=O)CNCC2CC2)nc2ccccc21.Cl.Cl. The summed E-state index contributed by atoms with van der Waals surface area (Å²) in [6.07, 6.45) is 2.59. The van der Waals surface area contributed by atoms with E-state index in [1.165, 1.54) is 12.8 Å². The fourth-order valence-corrected chi connectivity index (χ4v) is 2.83. The van der Waals surface area contributed by atoms with Gasteiger partial charge in [-0.05, 0) is 51.3 Å². The van der Waals surface area contributed by atoms with Gasteiger partial charge in [0.15, 0.2) is 0 Å². The molecule has 5 nitrogen and oxygen atoms in total. The van der Waals surface area contributed by atoms with Crippen LogP contribution in [0.25, 0.3) is 11.0 Å². The van der Waals surface area contributed by atoms with Crippen LogP contribution < -0.4 is 10.6 Å². The molecule has 1 aliphatic carbocycles. The van der Waals surface area contributed by atoms with Crippen LogP contribution >= 0.6 is 24.8 Å². The predicted molar refractivity (Wildman–Crippen MR) is 102 cm³/mol. The first-order valence-corrected chi connectivity index (χ1v) is 8.14. The van der Waals surface area contributed by atoms with Gasteiger partial charge in [-0.15, -0.1) is 24.8 Å². The lowest BCUT2D eigenvalue weighted by molar-refractivity contribution is -0.120. The molecule has 2 aromatic rings. The van der Waals surface area contributed by atoms with Crippen molar-refractivity contribution in [2.24, 2.45) is 5.92 Å². The van der Waals surface area contributed by atoms with Crippen molar-refractivity contribution in [3.63, 3.8) is 0 Å². The van der Waals surface area contributed by atoms with Crippen molar-refractivity contribution >= 4 is 41.8 Å². The molecule has 1 unspecified atom stereocenters. The Morgan fingerprint density at radius 2 is 2.04 bits per heavy atom. The molecule has 1 saturated carbocycles. The van der Waals surface area contributed by atoms with Crippen molar-refractivity contribution in [3.8, 4) is 0 Å². The van der Waals surface area contributed by atoms with Crippen LogP contribution in [-0.4, -0.2) is 28.5 Å². The number of rotatable bonds is 7. The number of hydrogen-bond acceptors (Lipinski definition) is 3. The van der Waals surface area contributed by atoms with E-state index in [4.69, 9.17) is 0 Å². The maximum Gasteiger partial charge on any atom is 0.234 e. The molecule has 1 fully saturated rings. The van der Waals surface area contributed by atoms with Crippen LogP contribution in [0.3, 0.4) is 0 Å². The van der Waals surface area contributed by atoms with E-state index in [-0.39, 0.29) is 36.8 Å². The molecule has 1 aliphatic rings. The van der Waals surface area contributed by atoms with E-state index in [0.717, 1.165) is 35.9 Å². The number of amides is 1. The highest BCUT2D eigenvalue weighted by Crippen LogP contribution is 2.27. The number of para-hydroxylation sites is 2. The summed E-state index contributed by atoms with van der Waals surface area (Å²) in [5.74, 6) is 1.73. The molecule has 134 valence electrons. The van der Waals surface area contributed by atoms with E-state index in [1.54, 1.807) is 0 Å². The first-order valence-electron chi connectivity index (χ1n) is 8.14. The van der Waals surface area contributed by atoms with E-state index in [9.17, 15) is 4.79 Å². The average molecular weight is 373 g/mol. The van der Waals surface area contributed by atoms with Crippen molar-refractivity contribution in [1.29, 1.82) is 0 Å². The molecule has 1 aromatic carbocycles. The number of nitrogens with zero attached hydrogens (tertiary/aromatic N) is 2. The minimum atomic E-state index is -0.0948. The van der Waals surface area contributed by atoms with Crippen molar-refractivity contribution in [1.82, 2.24) is 20.2 Å². The van der Waals surface area contributed by atoms with Gasteiger partial charge in [0.05, 0.1) is 23.6 Å². The van der Waals surface area contributed by atoms with Gasteiger partial charge in [-0.25, -0.2) is 4.98 Å². The first-order chi connectivity index (χ1) is 10.7. The lowest BCUT2D eigenvalue weighted by Crippen LogP contribution is -2.36. The largest absolute Gasteiger partial charge is 0.345 e. The number of imidazole rings is 1. The van der Waals surface area contributed by atoms with Crippen molar-refractivity contribution < 1.29 is 4.79 Å². The molecule has 0 aliphatic heterocycles. The third-order valence-corrected chi connectivity index (χ3v) is 4.18. The molecule has 2 N–H and O–H groups in total. The van der Waals surface area contributed by atoms with Gasteiger partial charge in [0, 0.05) is 6.54 Å². The number of nitrogens with one attached hydrogen (secondary N) is 2. The van der Waals surface area contributed by atoms with Crippen LogP contribution in [0.1, 0.15) is 38.6 Å². The fraction of sp³-hybridized carbons (Fsp3) is 0.529. The van der Waals surface area contributed by atoms with Gasteiger partial charge in [-0.1, -0.05) is 12.1 Å². The molecule has 24 heavy (non-hydrogen) atoms. The number of carbonyl (C=O) groups excluding carboxylic acids is 1. The number of halogens is 2. The Morgan fingerprint density at radius 3 is 2.71 bits per heavy atom. The summed E-state index contributed by atoms with van der Waals surface area (Å²) in [4.78, 5) is 16.7. The molecule has 0 bridgehead atoms. The maximum absolute atomic E-state index is 12.0. The normalized spacial score (nSPS) is 14.6. The molecule has 0 saturated heterocycles. The third-order valence-electron chi connectivity index (χ3n) is 4.18. The van der Waals surface area contributed by atoms with E-state index in [0.29, 0.717) is 6.54 Å². The van der Waals surface area contributed by atoms with E-state index >= 15 is 0 Å². The summed E-state index contributed by atoms with van der Waals surface area (Å²) in [6, 6.07) is 8.00. The van der Waals surface area contributed by atoms with Crippen molar-refractivity contribution in [2.45, 2.75) is 39.3 Å². The Balaban J connectivity index is 0.00000144. The van der Waals surface area contributed by atoms with Gasteiger partial charge >= 0.3 is 0 Å². The van der Waals surface area contributed by atoms with Crippen LogP contribution in [0, 0.1) is 5.92 Å². The molecule has 3 rings (SSSR count). The molecule has 1 atom stereocenters. The summed E-state index contributed by atoms with van der Waals surface area (Å²) < 4.78 is 2.16. The number of carbonyl (C=O) groups is 1. The molecule has 1 amide bonds. The van der Waals surface area contributed by atoms with Gasteiger partial charge in [-0.2, -0.15) is 0 Å². The molecular weight excluding hydrogens is 347 g/mol. The predicted octanol–water partition coefficient (Wildman–Crippen LogP) is 3.08. The summed E-state index contributed by atoms with van der Waals surface area (Å²) in [5.41, 5.74) is 2.10. The first kappa shape index (κ1) is 20.7. The van der Waals surface area contributed by atoms with Gasteiger partial charge in [0.1, 0.15) is 5.82 Å². The van der Waals surface area contributed by atoms with E-state index in [2.05, 4.69) is 33.2 Å². The van der Waals surface area contributed by atoms with Crippen LogP contribution in [0.4, 0.5) is 0 Å².